The highest BCUT2D eigenvalue weighted by molar-refractivity contribution is 6.39. The van der Waals surface area contributed by atoms with Crippen molar-refractivity contribution in [3.63, 3.8) is 0 Å². The fourth-order valence-electron chi connectivity index (χ4n) is 1.25. The normalized spacial score (nSPS) is 9.89. The van der Waals surface area contributed by atoms with E-state index in [1.807, 2.05) is 6.07 Å². The van der Waals surface area contributed by atoms with Crippen LogP contribution in [0.2, 0.25) is 10.0 Å². The molecule has 0 bridgehead atoms. The van der Waals surface area contributed by atoms with E-state index in [0.29, 0.717) is 0 Å². The highest BCUT2D eigenvalue weighted by Crippen LogP contribution is 2.32. The highest BCUT2D eigenvalue weighted by Gasteiger charge is 2.10. The molecule has 0 radical (unpaired) electrons. The zero-order valence-corrected chi connectivity index (χ0v) is 10.3. The minimum atomic E-state index is -0.540. The quantitative estimate of drug-likeness (QED) is 0.915. The van der Waals surface area contributed by atoms with Crippen LogP contribution in [0.5, 0.6) is 0 Å². The van der Waals surface area contributed by atoms with E-state index in [-0.39, 0.29) is 27.4 Å². The smallest absolute Gasteiger partial charge is 0.228 e. The predicted molar refractivity (Wildman–Crippen MR) is 66.4 cm³/mol. The van der Waals surface area contributed by atoms with Gasteiger partial charge in [0.25, 0.3) is 0 Å². The average molecular weight is 283 g/mol. The van der Waals surface area contributed by atoms with Gasteiger partial charge in [-0.15, -0.1) is 0 Å². The van der Waals surface area contributed by atoms with E-state index in [0.717, 1.165) is 12.1 Å². The summed E-state index contributed by atoms with van der Waals surface area (Å²) in [5, 5.41) is 11.6. The van der Waals surface area contributed by atoms with Gasteiger partial charge in [-0.3, -0.25) is 0 Å². The Bertz CT molecular complexity index is 616. The summed E-state index contributed by atoms with van der Waals surface area (Å²) < 4.78 is 13.0. The zero-order valence-electron chi connectivity index (χ0n) is 8.78. The first kappa shape index (κ1) is 12.6. The van der Waals surface area contributed by atoms with E-state index in [9.17, 15) is 4.39 Å². The van der Waals surface area contributed by atoms with Gasteiger partial charge in [-0.2, -0.15) is 5.26 Å². The van der Waals surface area contributed by atoms with Crippen LogP contribution < -0.4 is 5.32 Å². The number of rotatable bonds is 2. The molecule has 1 N–H and O–H groups in total. The van der Waals surface area contributed by atoms with E-state index >= 15 is 0 Å². The molecule has 1 aromatic heterocycles. The first-order valence-corrected chi connectivity index (χ1v) is 5.50. The molecule has 0 spiro atoms. The zero-order chi connectivity index (χ0) is 13.1. The third-order valence-electron chi connectivity index (χ3n) is 2.01. The lowest BCUT2D eigenvalue weighted by Crippen LogP contribution is -1.99. The lowest BCUT2D eigenvalue weighted by atomic mass is 10.3. The van der Waals surface area contributed by atoms with Gasteiger partial charge in [0, 0.05) is 6.20 Å². The first-order valence-electron chi connectivity index (χ1n) is 4.75. The molecule has 1 heterocycles. The summed E-state index contributed by atoms with van der Waals surface area (Å²) in [6, 6.07) is 5.56. The van der Waals surface area contributed by atoms with Crippen molar-refractivity contribution in [3.05, 3.63) is 46.0 Å². The Balaban J connectivity index is 2.37. The SMILES string of the molecule is N#Cc1ccnc(Nc2c(Cl)cc(F)cc2Cl)n1. The minimum absolute atomic E-state index is 0.103. The molecule has 0 amide bonds. The highest BCUT2D eigenvalue weighted by atomic mass is 35.5. The molecule has 1 aromatic carbocycles. The molecule has 2 rings (SSSR count). The molecule has 18 heavy (non-hydrogen) atoms. The van der Waals surface area contributed by atoms with Crippen LogP contribution in [0.3, 0.4) is 0 Å². The first-order chi connectivity index (χ1) is 8.60. The Hall–Kier alpha value is -1.90. The largest absolute Gasteiger partial charge is 0.322 e. The van der Waals surface area contributed by atoms with Gasteiger partial charge >= 0.3 is 0 Å². The second kappa shape index (κ2) is 5.17. The van der Waals surface area contributed by atoms with Crippen LogP contribution in [0.25, 0.3) is 0 Å². The van der Waals surface area contributed by atoms with E-state index in [1.165, 1.54) is 12.3 Å². The van der Waals surface area contributed by atoms with E-state index in [1.54, 1.807) is 0 Å². The number of anilines is 2. The van der Waals surface area contributed by atoms with Gasteiger partial charge in [0.15, 0.2) is 0 Å². The summed E-state index contributed by atoms with van der Waals surface area (Å²) in [7, 11) is 0. The fourth-order valence-corrected chi connectivity index (χ4v) is 1.81. The van der Waals surface area contributed by atoms with Crippen LogP contribution in [-0.2, 0) is 0 Å². The Kier molecular flexibility index (Phi) is 3.60. The third-order valence-corrected chi connectivity index (χ3v) is 2.61. The van der Waals surface area contributed by atoms with Gasteiger partial charge in [0.1, 0.15) is 17.6 Å². The van der Waals surface area contributed by atoms with Crippen LogP contribution in [0.4, 0.5) is 16.0 Å². The molecule has 0 aliphatic rings. The van der Waals surface area contributed by atoms with Gasteiger partial charge < -0.3 is 5.32 Å². The minimum Gasteiger partial charge on any atom is -0.322 e. The van der Waals surface area contributed by atoms with Crippen molar-refractivity contribution >= 4 is 34.8 Å². The number of nitrogens with one attached hydrogen (secondary N) is 1. The van der Waals surface area contributed by atoms with Gasteiger partial charge in [-0.05, 0) is 18.2 Å². The topological polar surface area (TPSA) is 61.6 Å². The summed E-state index contributed by atoms with van der Waals surface area (Å²) in [5.41, 5.74) is 0.483. The summed E-state index contributed by atoms with van der Waals surface area (Å²) in [6.07, 6.45) is 1.42. The summed E-state index contributed by atoms with van der Waals surface area (Å²) in [4.78, 5) is 7.80. The van der Waals surface area contributed by atoms with Crippen molar-refractivity contribution in [2.24, 2.45) is 0 Å². The molecule has 2 aromatic rings. The van der Waals surface area contributed by atoms with Gasteiger partial charge in [0.2, 0.25) is 5.95 Å². The number of nitrogens with zero attached hydrogens (tertiary/aromatic N) is 3. The lowest BCUT2D eigenvalue weighted by molar-refractivity contribution is 0.628. The Morgan fingerprint density at radius 3 is 2.56 bits per heavy atom. The maximum absolute atomic E-state index is 13.0. The van der Waals surface area contributed by atoms with Crippen LogP contribution in [-0.4, -0.2) is 9.97 Å². The fraction of sp³-hybridized carbons (Fsp3) is 0. The van der Waals surface area contributed by atoms with Crippen LogP contribution in [0, 0.1) is 17.1 Å². The lowest BCUT2D eigenvalue weighted by Gasteiger charge is -2.08. The summed E-state index contributed by atoms with van der Waals surface area (Å²) in [6.45, 7) is 0. The number of hydrogen-bond donors (Lipinski definition) is 1. The molecule has 0 unspecified atom stereocenters. The van der Waals surface area contributed by atoms with Gasteiger partial charge in [-0.1, -0.05) is 23.2 Å². The molecule has 0 saturated heterocycles. The summed E-state index contributed by atoms with van der Waals surface area (Å²) in [5.74, 6) is -0.383. The Labute approximate surface area is 112 Å². The van der Waals surface area contributed by atoms with Gasteiger partial charge in [-0.25, -0.2) is 14.4 Å². The van der Waals surface area contributed by atoms with E-state index in [2.05, 4.69) is 15.3 Å². The third kappa shape index (κ3) is 2.67. The van der Waals surface area contributed by atoms with E-state index < -0.39 is 5.82 Å². The van der Waals surface area contributed by atoms with Crippen molar-refractivity contribution < 1.29 is 4.39 Å². The molecule has 0 atom stereocenters. The Morgan fingerprint density at radius 2 is 1.94 bits per heavy atom. The second-order valence-corrected chi connectivity index (χ2v) is 4.06. The monoisotopic (exact) mass is 282 g/mol. The predicted octanol–water partition coefficient (Wildman–Crippen LogP) is 3.54. The molecule has 0 fully saturated rings. The number of hydrogen-bond acceptors (Lipinski definition) is 4. The maximum atomic E-state index is 13.0. The Morgan fingerprint density at radius 1 is 1.28 bits per heavy atom. The van der Waals surface area contributed by atoms with Crippen LogP contribution >= 0.6 is 23.2 Å². The average Bonchev–Trinajstić information content (AvgIpc) is 2.34. The van der Waals surface area contributed by atoms with Crippen molar-refractivity contribution in [2.45, 2.75) is 0 Å². The second-order valence-electron chi connectivity index (χ2n) is 3.25. The van der Waals surface area contributed by atoms with Crippen molar-refractivity contribution in [1.29, 1.82) is 5.26 Å². The van der Waals surface area contributed by atoms with Crippen LogP contribution in [0.15, 0.2) is 24.4 Å². The van der Waals surface area contributed by atoms with Crippen LogP contribution in [0.1, 0.15) is 5.69 Å². The number of halogens is 3. The van der Waals surface area contributed by atoms with Crippen molar-refractivity contribution in [3.8, 4) is 6.07 Å². The molecular formula is C11H5Cl2FN4. The standard InChI is InChI=1S/C11H5Cl2FN4/c12-8-3-6(14)4-9(13)10(8)18-11-16-2-1-7(5-15)17-11/h1-4H,(H,16,17,18). The molecule has 0 aliphatic carbocycles. The van der Waals surface area contributed by atoms with Crippen molar-refractivity contribution in [2.75, 3.05) is 5.32 Å². The molecular weight excluding hydrogens is 278 g/mol. The van der Waals surface area contributed by atoms with E-state index in [4.69, 9.17) is 28.5 Å². The molecule has 90 valence electrons. The molecule has 0 saturated carbocycles. The maximum Gasteiger partial charge on any atom is 0.228 e. The number of aromatic nitrogens is 2. The molecule has 4 nitrogen and oxygen atoms in total. The number of benzene rings is 1. The van der Waals surface area contributed by atoms with Gasteiger partial charge in [0.05, 0.1) is 15.7 Å². The summed E-state index contributed by atoms with van der Waals surface area (Å²) >= 11 is 11.7. The number of nitriles is 1. The molecule has 7 heteroatoms. The van der Waals surface area contributed by atoms with Crippen molar-refractivity contribution in [1.82, 2.24) is 9.97 Å². The molecule has 0 aliphatic heterocycles.